The number of rotatable bonds is 5. The molecule has 0 aliphatic rings. The van der Waals surface area contributed by atoms with Crippen LogP contribution >= 0.6 is 0 Å². The van der Waals surface area contributed by atoms with Crippen molar-refractivity contribution in [2.75, 3.05) is 13.2 Å². The number of benzene rings is 1. The van der Waals surface area contributed by atoms with Crippen LogP contribution < -0.4 is 10.1 Å². The highest BCUT2D eigenvalue weighted by atomic mass is 16.5. The molecule has 0 aliphatic carbocycles. The van der Waals surface area contributed by atoms with Crippen LogP contribution in [0.3, 0.4) is 0 Å². The van der Waals surface area contributed by atoms with E-state index in [0.717, 1.165) is 0 Å². The number of nitrogens with one attached hydrogen (secondary N) is 1. The van der Waals surface area contributed by atoms with Gasteiger partial charge in [-0.15, -0.1) is 0 Å². The second kappa shape index (κ2) is 6.12. The molecule has 1 unspecified atom stereocenters. The van der Waals surface area contributed by atoms with Crippen LogP contribution in [-0.4, -0.2) is 24.2 Å². The predicted molar refractivity (Wildman–Crippen MR) is 61.3 cm³/mol. The summed E-state index contributed by atoms with van der Waals surface area (Å²) in [6, 6.07) is 7.14. The number of aliphatic hydroxyl groups excluding tert-OH is 1. The van der Waals surface area contributed by atoms with Crippen molar-refractivity contribution < 1.29 is 14.6 Å². The number of aliphatic hydroxyl groups is 1. The van der Waals surface area contributed by atoms with Crippen LogP contribution in [0.1, 0.15) is 25.5 Å². The Balaban J connectivity index is 2.63. The smallest absolute Gasteiger partial charge is 0.257 e. The van der Waals surface area contributed by atoms with Gasteiger partial charge >= 0.3 is 0 Å². The summed E-state index contributed by atoms with van der Waals surface area (Å²) in [7, 11) is 0. The van der Waals surface area contributed by atoms with Gasteiger partial charge in [0.25, 0.3) is 5.91 Å². The van der Waals surface area contributed by atoms with Gasteiger partial charge < -0.3 is 15.2 Å². The topological polar surface area (TPSA) is 58.6 Å². The minimum Gasteiger partial charge on any atom is -0.483 e. The molecule has 4 heteroatoms. The SMILES string of the molecule is CCNC(=O)COc1ccccc1C(C)O. The molecule has 2 N–H and O–H groups in total. The maximum atomic E-state index is 11.2. The maximum Gasteiger partial charge on any atom is 0.257 e. The molecule has 4 nitrogen and oxygen atoms in total. The van der Waals surface area contributed by atoms with Crippen LogP contribution in [0, 0.1) is 0 Å². The fourth-order valence-corrected chi connectivity index (χ4v) is 1.35. The fourth-order valence-electron chi connectivity index (χ4n) is 1.35. The Morgan fingerprint density at radius 1 is 1.50 bits per heavy atom. The van der Waals surface area contributed by atoms with E-state index in [4.69, 9.17) is 4.74 Å². The third kappa shape index (κ3) is 3.55. The van der Waals surface area contributed by atoms with Crippen molar-refractivity contribution in [1.82, 2.24) is 5.32 Å². The number of carbonyl (C=O) groups excluding carboxylic acids is 1. The first-order valence-electron chi connectivity index (χ1n) is 5.31. The molecule has 0 radical (unpaired) electrons. The Morgan fingerprint density at radius 2 is 2.19 bits per heavy atom. The summed E-state index contributed by atoms with van der Waals surface area (Å²) in [4.78, 5) is 11.2. The molecule has 1 atom stereocenters. The van der Waals surface area contributed by atoms with Gasteiger partial charge in [-0.2, -0.15) is 0 Å². The molecule has 0 spiro atoms. The lowest BCUT2D eigenvalue weighted by Gasteiger charge is -2.12. The van der Waals surface area contributed by atoms with Crippen LogP contribution in [-0.2, 0) is 4.79 Å². The van der Waals surface area contributed by atoms with E-state index in [9.17, 15) is 9.90 Å². The summed E-state index contributed by atoms with van der Waals surface area (Å²) in [5, 5.41) is 12.1. The third-order valence-electron chi connectivity index (χ3n) is 2.10. The highest BCUT2D eigenvalue weighted by Gasteiger charge is 2.09. The number of hydrogen-bond acceptors (Lipinski definition) is 3. The average Bonchev–Trinajstić information content (AvgIpc) is 2.27. The number of ether oxygens (including phenoxy) is 1. The predicted octanol–water partition coefficient (Wildman–Crippen LogP) is 1.25. The highest BCUT2D eigenvalue weighted by Crippen LogP contribution is 2.24. The Bertz CT molecular complexity index is 350. The van der Waals surface area contributed by atoms with Crippen LogP contribution in [0.15, 0.2) is 24.3 Å². The quantitative estimate of drug-likeness (QED) is 0.790. The Kier molecular flexibility index (Phi) is 4.79. The molecule has 88 valence electrons. The van der Waals surface area contributed by atoms with Gasteiger partial charge in [0.05, 0.1) is 6.10 Å². The van der Waals surface area contributed by atoms with Crippen LogP contribution in [0.5, 0.6) is 5.75 Å². The fraction of sp³-hybridized carbons (Fsp3) is 0.417. The van der Waals surface area contributed by atoms with Gasteiger partial charge in [-0.1, -0.05) is 18.2 Å². The van der Waals surface area contributed by atoms with E-state index in [0.29, 0.717) is 17.9 Å². The van der Waals surface area contributed by atoms with Gasteiger partial charge in [-0.3, -0.25) is 4.79 Å². The van der Waals surface area contributed by atoms with Crippen molar-refractivity contribution in [3.63, 3.8) is 0 Å². The summed E-state index contributed by atoms with van der Waals surface area (Å²) >= 11 is 0. The molecule has 0 saturated heterocycles. The largest absolute Gasteiger partial charge is 0.483 e. The van der Waals surface area contributed by atoms with Gasteiger partial charge in [0.2, 0.25) is 0 Å². The number of para-hydroxylation sites is 1. The van der Waals surface area contributed by atoms with Crippen LogP contribution in [0.2, 0.25) is 0 Å². The number of carbonyl (C=O) groups is 1. The second-order valence-electron chi connectivity index (χ2n) is 3.46. The van der Waals surface area contributed by atoms with E-state index < -0.39 is 6.10 Å². The molecule has 16 heavy (non-hydrogen) atoms. The lowest BCUT2D eigenvalue weighted by atomic mass is 10.1. The van der Waals surface area contributed by atoms with E-state index in [1.54, 1.807) is 25.1 Å². The van der Waals surface area contributed by atoms with Crippen LogP contribution in [0.25, 0.3) is 0 Å². The molecule has 1 amide bonds. The normalized spacial score (nSPS) is 11.9. The Hall–Kier alpha value is -1.55. The number of hydrogen-bond donors (Lipinski definition) is 2. The third-order valence-corrected chi connectivity index (χ3v) is 2.10. The van der Waals surface area contributed by atoms with Crippen molar-refractivity contribution in [1.29, 1.82) is 0 Å². The molecule has 0 saturated carbocycles. The zero-order valence-corrected chi connectivity index (χ0v) is 9.56. The van der Waals surface area contributed by atoms with Gasteiger partial charge in [0.1, 0.15) is 5.75 Å². The molecular weight excluding hydrogens is 206 g/mol. The first kappa shape index (κ1) is 12.5. The van der Waals surface area contributed by atoms with E-state index in [1.165, 1.54) is 0 Å². The molecule has 1 rings (SSSR count). The van der Waals surface area contributed by atoms with Crippen molar-refractivity contribution in [2.24, 2.45) is 0 Å². The van der Waals surface area contributed by atoms with Crippen molar-refractivity contribution in [3.8, 4) is 5.75 Å². The first-order chi connectivity index (χ1) is 7.65. The van der Waals surface area contributed by atoms with Gasteiger partial charge in [-0.05, 0) is 19.9 Å². The monoisotopic (exact) mass is 223 g/mol. The lowest BCUT2D eigenvalue weighted by Crippen LogP contribution is -2.28. The average molecular weight is 223 g/mol. The summed E-state index contributed by atoms with van der Waals surface area (Å²) in [6.07, 6.45) is -0.606. The number of amides is 1. The van der Waals surface area contributed by atoms with Gasteiger partial charge in [-0.25, -0.2) is 0 Å². The Morgan fingerprint density at radius 3 is 2.81 bits per heavy atom. The summed E-state index contributed by atoms with van der Waals surface area (Å²) in [6.45, 7) is 4.06. The molecular formula is C12H17NO3. The minimum atomic E-state index is -0.606. The summed E-state index contributed by atoms with van der Waals surface area (Å²) in [5.41, 5.74) is 0.687. The zero-order valence-electron chi connectivity index (χ0n) is 9.56. The van der Waals surface area contributed by atoms with Gasteiger partial charge in [0, 0.05) is 12.1 Å². The first-order valence-corrected chi connectivity index (χ1v) is 5.31. The molecule has 1 aromatic rings. The van der Waals surface area contributed by atoms with E-state index in [2.05, 4.69) is 5.32 Å². The second-order valence-corrected chi connectivity index (χ2v) is 3.46. The van der Waals surface area contributed by atoms with E-state index >= 15 is 0 Å². The summed E-state index contributed by atoms with van der Waals surface area (Å²) in [5.74, 6) is 0.381. The van der Waals surface area contributed by atoms with E-state index in [-0.39, 0.29) is 12.5 Å². The Labute approximate surface area is 95.2 Å². The molecule has 1 aromatic carbocycles. The molecule has 0 fully saturated rings. The zero-order chi connectivity index (χ0) is 12.0. The van der Waals surface area contributed by atoms with E-state index in [1.807, 2.05) is 13.0 Å². The van der Waals surface area contributed by atoms with Gasteiger partial charge in [0.15, 0.2) is 6.61 Å². The molecule has 0 heterocycles. The molecule has 0 aromatic heterocycles. The lowest BCUT2D eigenvalue weighted by molar-refractivity contribution is -0.123. The maximum absolute atomic E-state index is 11.2. The van der Waals surface area contributed by atoms with Crippen molar-refractivity contribution in [3.05, 3.63) is 29.8 Å². The van der Waals surface area contributed by atoms with Crippen molar-refractivity contribution in [2.45, 2.75) is 20.0 Å². The minimum absolute atomic E-state index is 0.0302. The standard InChI is InChI=1S/C12H17NO3/c1-3-13-12(15)8-16-11-7-5-4-6-10(11)9(2)14/h4-7,9,14H,3,8H2,1-2H3,(H,13,15). The number of likely N-dealkylation sites (N-methyl/N-ethyl adjacent to an activating group) is 1. The van der Waals surface area contributed by atoms with Crippen molar-refractivity contribution >= 4 is 5.91 Å². The van der Waals surface area contributed by atoms with Crippen LogP contribution in [0.4, 0.5) is 0 Å². The summed E-state index contributed by atoms with van der Waals surface area (Å²) < 4.78 is 5.34. The molecule has 0 bridgehead atoms. The molecule has 0 aliphatic heterocycles. The highest BCUT2D eigenvalue weighted by molar-refractivity contribution is 5.77.